The van der Waals surface area contributed by atoms with Crippen LogP contribution in [0.1, 0.15) is 0 Å². The normalized spacial score (nSPS) is 10.6. The van der Waals surface area contributed by atoms with Crippen LogP contribution in [-0.2, 0) is 19.1 Å². The van der Waals surface area contributed by atoms with Gasteiger partial charge in [0, 0.05) is 0 Å². The summed E-state index contributed by atoms with van der Waals surface area (Å²) in [6.45, 7) is -0.0927. The van der Waals surface area contributed by atoms with Gasteiger partial charge in [-0.3, -0.25) is 4.79 Å². The van der Waals surface area contributed by atoms with Crippen LogP contribution in [0.4, 0.5) is 0 Å². The second-order valence-electron chi connectivity index (χ2n) is 3.16. The summed E-state index contributed by atoms with van der Waals surface area (Å²) in [6.07, 6.45) is 0. The Morgan fingerprint density at radius 3 is 2.29 bits per heavy atom. The van der Waals surface area contributed by atoms with Crippen molar-refractivity contribution in [2.75, 3.05) is 0 Å². The van der Waals surface area contributed by atoms with E-state index in [1.54, 1.807) is 18.2 Å². The number of hydrogen-bond donors (Lipinski definition) is 0. The molecular weight excluding hydrogens is 251 g/mol. The molecule has 0 fully saturated rings. The van der Waals surface area contributed by atoms with Crippen molar-refractivity contribution in [1.82, 2.24) is 0 Å². The van der Waals surface area contributed by atoms with Crippen LogP contribution < -0.4 is 0 Å². The van der Waals surface area contributed by atoms with Gasteiger partial charge in [-0.1, -0.05) is 30.3 Å². The Bertz CT molecular complexity index is 637. The van der Waals surface area contributed by atoms with Crippen LogP contribution in [0.15, 0.2) is 47.4 Å². The van der Waals surface area contributed by atoms with Crippen molar-refractivity contribution in [2.45, 2.75) is 4.90 Å². The van der Waals surface area contributed by atoms with Gasteiger partial charge in [0.05, 0.1) is 0 Å². The van der Waals surface area contributed by atoms with Gasteiger partial charge in [-0.25, -0.2) is 0 Å². The van der Waals surface area contributed by atoms with Gasteiger partial charge >= 0.3 is 46.1 Å². The summed E-state index contributed by atoms with van der Waals surface area (Å²) < 4.78 is 26.9. The van der Waals surface area contributed by atoms with E-state index in [2.05, 4.69) is 4.18 Å². The summed E-state index contributed by atoms with van der Waals surface area (Å²) in [5.74, 6) is 0. The Labute approximate surface area is 121 Å². The summed E-state index contributed by atoms with van der Waals surface area (Å²) >= 11 is 0. The Balaban J connectivity index is 0.00000144. The fourth-order valence-corrected chi connectivity index (χ4v) is 2.15. The Morgan fingerprint density at radius 1 is 1.00 bits per heavy atom. The first-order valence-corrected chi connectivity index (χ1v) is 5.90. The molecule has 0 N–H and O–H groups in total. The van der Waals surface area contributed by atoms with E-state index in [9.17, 15) is 13.2 Å². The first-order valence-electron chi connectivity index (χ1n) is 4.49. The SMILES string of the molecule is O=COS(=O)(=O)c1ccc2ccccc2c1.[NaH]. The van der Waals surface area contributed by atoms with Crippen molar-refractivity contribution in [1.29, 1.82) is 0 Å². The van der Waals surface area contributed by atoms with Gasteiger partial charge in [0.1, 0.15) is 4.90 Å². The molecule has 84 valence electrons. The van der Waals surface area contributed by atoms with Gasteiger partial charge in [-0.05, 0) is 22.9 Å². The molecule has 2 aromatic rings. The van der Waals surface area contributed by atoms with E-state index < -0.39 is 10.1 Å². The summed E-state index contributed by atoms with van der Waals surface area (Å²) in [5.41, 5.74) is 0. The van der Waals surface area contributed by atoms with Gasteiger partial charge in [0.2, 0.25) is 0 Å². The maximum absolute atomic E-state index is 11.4. The molecule has 0 aliphatic rings. The first kappa shape index (κ1) is 14.2. The predicted octanol–water partition coefficient (Wildman–Crippen LogP) is 1.05. The average molecular weight is 260 g/mol. The van der Waals surface area contributed by atoms with Crippen LogP contribution >= 0.6 is 0 Å². The van der Waals surface area contributed by atoms with Crippen LogP contribution in [0.2, 0.25) is 0 Å². The first-order chi connectivity index (χ1) is 7.63. The number of carbonyl (C=O) groups is 1. The summed E-state index contributed by atoms with van der Waals surface area (Å²) in [5, 5.41) is 1.70. The third kappa shape index (κ3) is 3.07. The molecule has 6 heteroatoms. The fourth-order valence-electron chi connectivity index (χ4n) is 1.43. The van der Waals surface area contributed by atoms with Crippen LogP contribution in [0.5, 0.6) is 0 Å². The quantitative estimate of drug-likeness (QED) is 0.470. The van der Waals surface area contributed by atoms with Crippen molar-refractivity contribution in [2.24, 2.45) is 0 Å². The number of benzene rings is 2. The van der Waals surface area contributed by atoms with E-state index in [1.807, 2.05) is 12.1 Å². The molecule has 4 nitrogen and oxygen atoms in total. The van der Waals surface area contributed by atoms with Gasteiger partial charge in [-0.2, -0.15) is 8.42 Å². The second kappa shape index (κ2) is 5.64. The third-order valence-corrected chi connectivity index (χ3v) is 3.34. The molecule has 0 atom stereocenters. The molecule has 0 aliphatic carbocycles. The second-order valence-corrected chi connectivity index (χ2v) is 4.73. The molecule has 2 rings (SSSR count). The van der Waals surface area contributed by atoms with Crippen molar-refractivity contribution >= 4 is 56.9 Å². The summed E-state index contributed by atoms with van der Waals surface area (Å²) in [6, 6.07) is 11.9. The molecule has 0 aliphatic heterocycles. The van der Waals surface area contributed by atoms with E-state index in [0.717, 1.165) is 10.8 Å². The molecule has 0 heterocycles. The maximum atomic E-state index is 11.4. The van der Waals surface area contributed by atoms with Crippen molar-refractivity contribution in [3.63, 3.8) is 0 Å². The van der Waals surface area contributed by atoms with Crippen molar-refractivity contribution in [3.8, 4) is 0 Å². The standard InChI is InChI=1S/C11H8O4S.Na.H/c12-8-15-16(13,14)11-6-5-9-3-1-2-4-10(9)7-11;;/h1-8H;;. The molecular formula is C11H9NaO4S. The van der Waals surface area contributed by atoms with E-state index in [1.165, 1.54) is 12.1 Å². The monoisotopic (exact) mass is 260 g/mol. The van der Waals surface area contributed by atoms with Crippen molar-refractivity contribution < 1.29 is 17.4 Å². The van der Waals surface area contributed by atoms with Crippen LogP contribution in [-0.4, -0.2) is 44.4 Å². The Kier molecular flexibility index (Phi) is 4.70. The molecule has 0 saturated carbocycles. The molecule has 0 spiro atoms. The Morgan fingerprint density at radius 2 is 1.65 bits per heavy atom. The Hall–Kier alpha value is -0.880. The van der Waals surface area contributed by atoms with Crippen LogP contribution in [0, 0.1) is 0 Å². The molecule has 0 bridgehead atoms. The minimum atomic E-state index is -3.97. The minimum absolute atomic E-state index is 0. The molecule has 17 heavy (non-hydrogen) atoms. The average Bonchev–Trinajstić information content (AvgIpc) is 2.28. The molecule has 0 amide bonds. The van der Waals surface area contributed by atoms with E-state index in [4.69, 9.17) is 0 Å². The zero-order valence-electron chi connectivity index (χ0n) is 8.16. The van der Waals surface area contributed by atoms with Gasteiger partial charge < -0.3 is 4.18 Å². The van der Waals surface area contributed by atoms with E-state index in [-0.39, 0.29) is 40.9 Å². The number of rotatable bonds is 3. The van der Waals surface area contributed by atoms with Crippen molar-refractivity contribution in [3.05, 3.63) is 42.5 Å². The molecule has 0 aromatic heterocycles. The van der Waals surface area contributed by atoms with Crippen LogP contribution in [0.3, 0.4) is 0 Å². The summed E-state index contributed by atoms with van der Waals surface area (Å²) in [4.78, 5) is 10.0. The predicted molar refractivity (Wildman–Crippen MR) is 65.4 cm³/mol. The number of fused-ring (bicyclic) bond motifs is 1. The van der Waals surface area contributed by atoms with E-state index in [0.29, 0.717) is 0 Å². The van der Waals surface area contributed by atoms with E-state index >= 15 is 0 Å². The fraction of sp³-hybridized carbons (Fsp3) is 0. The zero-order chi connectivity index (χ0) is 11.6. The van der Waals surface area contributed by atoms with Crippen LogP contribution in [0.25, 0.3) is 10.8 Å². The topological polar surface area (TPSA) is 60.4 Å². The number of carbonyl (C=O) groups excluding carboxylic acids is 1. The van der Waals surface area contributed by atoms with Gasteiger partial charge in [-0.15, -0.1) is 0 Å². The number of hydrogen-bond acceptors (Lipinski definition) is 4. The van der Waals surface area contributed by atoms with Gasteiger partial charge in [0.15, 0.2) is 0 Å². The summed E-state index contributed by atoms with van der Waals surface area (Å²) in [7, 11) is -3.97. The van der Waals surface area contributed by atoms with Gasteiger partial charge in [0.25, 0.3) is 0 Å². The third-order valence-electron chi connectivity index (χ3n) is 2.18. The molecule has 0 saturated heterocycles. The molecule has 0 unspecified atom stereocenters. The molecule has 2 aromatic carbocycles. The molecule has 0 radical (unpaired) electrons. The zero-order valence-corrected chi connectivity index (χ0v) is 8.98.